The molecule has 0 aliphatic heterocycles. The molecule has 32 heavy (non-hydrogen) atoms. The fraction of sp³-hybridized carbons (Fsp3) is 0.174. The molecule has 1 atom stereocenters. The molecule has 0 saturated heterocycles. The van der Waals surface area contributed by atoms with Crippen LogP contribution in [0.3, 0.4) is 0 Å². The average molecular weight is 450 g/mol. The Labute approximate surface area is 188 Å². The number of nitrogens with one attached hydrogen (secondary N) is 1. The van der Waals surface area contributed by atoms with Gasteiger partial charge in [0.1, 0.15) is 11.0 Å². The van der Waals surface area contributed by atoms with Gasteiger partial charge < -0.3 is 10.4 Å². The number of aromatic nitrogens is 4. The fourth-order valence-electron chi connectivity index (χ4n) is 3.67. The molecule has 0 saturated carbocycles. The molecule has 0 fully saturated rings. The van der Waals surface area contributed by atoms with E-state index in [1.165, 1.54) is 10.6 Å². The van der Waals surface area contributed by atoms with Crippen molar-refractivity contribution in [1.29, 1.82) is 0 Å². The number of hydrogen-bond donors (Lipinski definition) is 2. The maximum Gasteiger partial charge on any atom is 0.356 e. The van der Waals surface area contributed by atoms with Gasteiger partial charge in [-0.25, -0.2) is 14.8 Å². The van der Waals surface area contributed by atoms with Crippen LogP contribution in [0.4, 0.5) is 5.69 Å². The molecule has 0 amide bonds. The van der Waals surface area contributed by atoms with Crippen molar-refractivity contribution in [2.75, 3.05) is 5.32 Å². The number of nitrogens with zero attached hydrogens (tertiary/aromatic N) is 4. The van der Waals surface area contributed by atoms with E-state index in [0.29, 0.717) is 22.4 Å². The summed E-state index contributed by atoms with van der Waals surface area (Å²) in [5, 5.41) is 13.3. The number of hydrogen-bond acceptors (Lipinski definition) is 6. The Balaban J connectivity index is 1.88. The summed E-state index contributed by atoms with van der Waals surface area (Å²) in [7, 11) is 1.69. The summed E-state index contributed by atoms with van der Waals surface area (Å²) in [6.45, 7) is 3.78. The van der Waals surface area contributed by atoms with Gasteiger partial charge in [0.05, 0.1) is 22.6 Å². The maximum absolute atomic E-state index is 13.2. The highest BCUT2D eigenvalue weighted by atomic mass is 35.5. The molecule has 3 heterocycles. The highest BCUT2D eigenvalue weighted by Gasteiger charge is 2.20. The lowest BCUT2D eigenvalue weighted by atomic mass is 10.0. The van der Waals surface area contributed by atoms with Gasteiger partial charge in [0.2, 0.25) is 0 Å². The molecule has 0 aliphatic rings. The number of fused-ring (bicyclic) bond motifs is 1. The minimum atomic E-state index is -1.19. The van der Waals surface area contributed by atoms with E-state index < -0.39 is 5.97 Å². The molecule has 3 aromatic heterocycles. The Morgan fingerprint density at radius 1 is 1.16 bits per heavy atom. The topological polar surface area (TPSA) is 110 Å². The summed E-state index contributed by atoms with van der Waals surface area (Å²) < 4.78 is 1.52. The Morgan fingerprint density at radius 3 is 2.56 bits per heavy atom. The molecule has 4 aromatic rings. The van der Waals surface area contributed by atoms with Crippen molar-refractivity contribution in [3.05, 3.63) is 81.1 Å². The van der Waals surface area contributed by atoms with Gasteiger partial charge in [-0.15, -0.1) is 0 Å². The van der Waals surface area contributed by atoms with E-state index in [2.05, 4.69) is 15.3 Å². The number of carboxylic acids is 1. The minimum Gasteiger partial charge on any atom is -0.476 e. The van der Waals surface area contributed by atoms with Crippen LogP contribution in [0.5, 0.6) is 0 Å². The second-order valence-electron chi connectivity index (χ2n) is 7.49. The third-order valence-corrected chi connectivity index (χ3v) is 5.41. The number of halogens is 1. The third kappa shape index (κ3) is 3.92. The molecular weight excluding hydrogens is 430 g/mol. The molecule has 9 heteroatoms. The first kappa shape index (κ1) is 21.5. The number of aromatic carboxylic acids is 1. The smallest absolute Gasteiger partial charge is 0.356 e. The van der Waals surface area contributed by atoms with Gasteiger partial charge in [0, 0.05) is 30.6 Å². The number of rotatable bonds is 5. The number of benzene rings is 1. The van der Waals surface area contributed by atoms with E-state index >= 15 is 0 Å². The van der Waals surface area contributed by atoms with Gasteiger partial charge in [-0.2, -0.15) is 0 Å². The van der Waals surface area contributed by atoms with Crippen LogP contribution >= 0.6 is 11.6 Å². The van der Waals surface area contributed by atoms with E-state index in [0.717, 1.165) is 16.7 Å². The normalized spacial score (nSPS) is 12.0. The van der Waals surface area contributed by atoms with Crippen molar-refractivity contribution in [3.8, 4) is 11.4 Å². The SMILES string of the molecule is Cc1cc([C@@H](C)Nc2ccc(Cl)nc2C(=O)O)c2nc(-c3ccncc3)n(C)c(=O)c2c1. The van der Waals surface area contributed by atoms with Crippen molar-refractivity contribution < 1.29 is 9.90 Å². The van der Waals surface area contributed by atoms with Crippen molar-refractivity contribution >= 4 is 34.2 Å². The first-order valence-corrected chi connectivity index (χ1v) is 10.2. The molecule has 162 valence electrons. The van der Waals surface area contributed by atoms with Gasteiger partial charge >= 0.3 is 5.97 Å². The number of carboxylic acid groups (broad SMARTS) is 1. The zero-order chi connectivity index (χ0) is 23.0. The van der Waals surface area contributed by atoms with Crippen LogP contribution in [0.2, 0.25) is 5.15 Å². The second-order valence-corrected chi connectivity index (χ2v) is 7.87. The fourth-order valence-corrected chi connectivity index (χ4v) is 3.82. The molecular formula is C23H20ClN5O3. The first-order valence-electron chi connectivity index (χ1n) is 9.84. The van der Waals surface area contributed by atoms with E-state index in [1.807, 2.05) is 26.0 Å². The largest absolute Gasteiger partial charge is 0.476 e. The van der Waals surface area contributed by atoms with Crippen molar-refractivity contribution in [2.45, 2.75) is 19.9 Å². The minimum absolute atomic E-state index is 0.0914. The zero-order valence-electron chi connectivity index (χ0n) is 17.6. The summed E-state index contributed by atoms with van der Waals surface area (Å²) in [5.41, 5.74) is 2.94. The second kappa shape index (κ2) is 8.39. The van der Waals surface area contributed by atoms with E-state index in [4.69, 9.17) is 16.6 Å². The monoisotopic (exact) mass is 449 g/mol. The van der Waals surface area contributed by atoms with E-state index in [9.17, 15) is 14.7 Å². The van der Waals surface area contributed by atoms with Gasteiger partial charge in [0.15, 0.2) is 5.69 Å². The average Bonchev–Trinajstić information content (AvgIpc) is 2.77. The molecule has 0 bridgehead atoms. The predicted octanol–water partition coefficient (Wildman–Crippen LogP) is 4.22. The lowest BCUT2D eigenvalue weighted by molar-refractivity contribution is 0.0691. The maximum atomic E-state index is 13.2. The molecule has 1 aromatic carbocycles. The molecule has 0 unspecified atom stereocenters. The van der Waals surface area contributed by atoms with Crippen molar-refractivity contribution in [2.24, 2.45) is 7.05 Å². The van der Waals surface area contributed by atoms with Crippen LogP contribution in [0.1, 0.15) is 34.6 Å². The van der Waals surface area contributed by atoms with Crippen LogP contribution < -0.4 is 10.9 Å². The Hall–Kier alpha value is -3.78. The quantitative estimate of drug-likeness (QED) is 0.439. The lowest BCUT2D eigenvalue weighted by Crippen LogP contribution is -2.22. The van der Waals surface area contributed by atoms with Gasteiger partial charge in [-0.1, -0.05) is 17.7 Å². The molecule has 0 spiro atoms. The third-order valence-electron chi connectivity index (χ3n) is 5.20. The molecule has 0 radical (unpaired) electrons. The summed E-state index contributed by atoms with van der Waals surface area (Å²) in [6.07, 6.45) is 3.29. The standard InChI is InChI=1S/C23H20ClN5O3/c1-12-10-15(13(2)26-17-4-5-18(24)27-20(17)23(31)32)19-16(11-12)22(30)29(3)21(28-19)14-6-8-25-9-7-14/h4-11,13,26H,1-3H3,(H,31,32)/t13-/m1/s1. The molecule has 0 aliphatic carbocycles. The highest BCUT2D eigenvalue weighted by molar-refractivity contribution is 6.29. The number of aryl methyl sites for hydroxylation is 1. The summed E-state index contributed by atoms with van der Waals surface area (Å²) in [6, 6.07) is 10.1. The first-order chi connectivity index (χ1) is 15.3. The highest BCUT2D eigenvalue weighted by Crippen LogP contribution is 2.29. The van der Waals surface area contributed by atoms with E-state index in [1.54, 1.807) is 37.6 Å². The van der Waals surface area contributed by atoms with Crippen LogP contribution in [0.15, 0.2) is 53.6 Å². The number of anilines is 1. The summed E-state index contributed by atoms with van der Waals surface area (Å²) in [4.78, 5) is 37.6. The predicted molar refractivity (Wildman–Crippen MR) is 123 cm³/mol. The van der Waals surface area contributed by atoms with Crippen LogP contribution in [-0.4, -0.2) is 30.6 Å². The Kier molecular flexibility index (Phi) is 5.63. The number of carbonyl (C=O) groups is 1. The molecule has 2 N–H and O–H groups in total. The Morgan fingerprint density at radius 2 is 1.88 bits per heavy atom. The number of pyridine rings is 2. The lowest BCUT2D eigenvalue weighted by Gasteiger charge is -2.20. The van der Waals surface area contributed by atoms with Crippen molar-refractivity contribution in [3.63, 3.8) is 0 Å². The van der Waals surface area contributed by atoms with Crippen molar-refractivity contribution in [1.82, 2.24) is 19.5 Å². The zero-order valence-corrected chi connectivity index (χ0v) is 18.4. The van der Waals surface area contributed by atoms with Crippen LogP contribution in [0, 0.1) is 6.92 Å². The molecule has 4 rings (SSSR count). The van der Waals surface area contributed by atoms with E-state index in [-0.39, 0.29) is 22.4 Å². The van der Waals surface area contributed by atoms with Crippen LogP contribution in [0.25, 0.3) is 22.3 Å². The summed E-state index contributed by atoms with van der Waals surface area (Å²) in [5.74, 6) is -0.676. The summed E-state index contributed by atoms with van der Waals surface area (Å²) >= 11 is 5.87. The van der Waals surface area contributed by atoms with Gasteiger partial charge in [-0.05, 0) is 49.7 Å². The van der Waals surface area contributed by atoms with Gasteiger partial charge in [-0.3, -0.25) is 14.3 Å². The Bertz CT molecular complexity index is 1400. The molecule has 8 nitrogen and oxygen atoms in total. The van der Waals surface area contributed by atoms with Gasteiger partial charge in [0.25, 0.3) is 5.56 Å². The van der Waals surface area contributed by atoms with Crippen LogP contribution in [-0.2, 0) is 7.05 Å².